The first-order valence-electron chi connectivity index (χ1n) is 9.41. The van der Waals surface area contributed by atoms with Crippen LogP contribution in [0, 0.1) is 0 Å². The molecule has 0 saturated carbocycles. The molecule has 8 heteroatoms. The molecule has 2 aliphatic heterocycles. The Hall–Kier alpha value is -2.74. The minimum Gasteiger partial charge on any atom is -0.328 e. The molecule has 1 aromatic carbocycles. The van der Waals surface area contributed by atoms with Crippen molar-refractivity contribution in [2.45, 2.75) is 31.3 Å². The van der Waals surface area contributed by atoms with Gasteiger partial charge in [0.25, 0.3) is 5.91 Å². The fourth-order valence-electron chi connectivity index (χ4n) is 3.84. The molecular formula is C19H24N6O2. The molecule has 2 aliphatic rings. The normalized spacial score (nSPS) is 20.9. The summed E-state index contributed by atoms with van der Waals surface area (Å²) in [6.45, 7) is 2.49. The van der Waals surface area contributed by atoms with E-state index >= 15 is 0 Å². The van der Waals surface area contributed by atoms with Crippen molar-refractivity contribution in [3.05, 3.63) is 42.2 Å². The lowest BCUT2D eigenvalue weighted by Crippen LogP contribution is -2.43. The number of amides is 2. The first-order valence-corrected chi connectivity index (χ1v) is 9.41. The molecule has 0 aliphatic carbocycles. The number of benzene rings is 1. The number of hydrogen-bond donors (Lipinski definition) is 1. The van der Waals surface area contributed by atoms with Gasteiger partial charge in [0.1, 0.15) is 6.04 Å². The van der Waals surface area contributed by atoms with Crippen molar-refractivity contribution in [3.8, 4) is 0 Å². The number of nitrogens with one attached hydrogen (secondary N) is 1. The molecule has 2 aromatic rings. The zero-order valence-electron chi connectivity index (χ0n) is 15.4. The molecule has 1 N–H and O–H groups in total. The van der Waals surface area contributed by atoms with Crippen molar-refractivity contribution >= 4 is 17.5 Å². The standard InChI is InChI=1S/C19H24N6O2/c1-23(17-9-12-24(19(17)27)14-5-3-2-4-6-14)18(26)16-13-25(22-21-16)15-7-10-20-11-8-15/h2-6,13,15,17,20H,7-12H2,1H3. The van der Waals surface area contributed by atoms with E-state index in [1.807, 2.05) is 30.3 Å². The minimum absolute atomic E-state index is 0.0530. The summed E-state index contributed by atoms with van der Waals surface area (Å²) in [4.78, 5) is 28.9. The molecule has 0 radical (unpaired) electrons. The largest absolute Gasteiger partial charge is 0.328 e. The Labute approximate surface area is 158 Å². The molecule has 1 atom stereocenters. The third-order valence-corrected chi connectivity index (χ3v) is 5.45. The van der Waals surface area contributed by atoms with Gasteiger partial charge < -0.3 is 15.1 Å². The summed E-state index contributed by atoms with van der Waals surface area (Å²) in [5, 5.41) is 11.5. The zero-order chi connectivity index (χ0) is 18.8. The predicted molar refractivity (Wildman–Crippen MR) is 100 cm³/mol. The van der Waals surface area contributed by atoms with Gasteiger partial charge in [0, 0.05) is 19.3 Å². The van der Waals surface area contributed by atoms with Crippen molar-refractivity contribution in [1.82, 2.24) is 25.2 Å². The maximum Gasteiger partial charge on any atom is 0.276 e. The molecule has 0 bridgehead atoms. The van der Waals surface area contributed by atoms with Gasteiger partial charge in [-0.25, -0.2) is 4.68 Å². The maximum atomic E-state index is 12.8. The van der Waals surface area contributed by atoms with Gasteiger partial charge in [-0.1, -0.05) is 23.4 Å². The smallest absolute Gasteiger partial charge is 0.276 e. The molecular weight excluding hydrogens is 344 g/mol. The third-order valence-electron chi connectivity index (χ3n) is 5.45. The van der Waals surface area contributed by atoms with Crippen LogP contribution in [0.2, 0.25) is 0 Å². The summed E-state index contributed by atoms with van der Waals surface area (Å²) in [6, 6.07) is 9.35. The van der Waals surface area contributed by atoms with Gasteiger partial charge >= 0.3 is 0 Å². The number of piperidine rings is 1. The Morgan fingerprint density at radius 1 is 1.19 bits per heavy atom. The molecule has 8 nitrogen and oxygen atoms in total. The number of para-hydroxylation sites is 1. The zero-order valence-corrected chi connectivity index (χ0v) is 15.4. The van der Waals surface area contributed by atoms with Crippen LogP contribution in [0.3, 0.4) is 0 Å². The second-order valence-corrected chi connectivity index (χ2v) is 7.11. The van der Waals surface area contributed by atoms with Crippen molar-refractivity contribution in [1.29, 1.82) is 0 Å². The van der Waals surface area contributed by atoms with E-state index in [0.717, 1.165) is 31.6 Å². The van der Waals surface area contributed by atoms with Gasteiger partial charge in [-0.3, -0.25) is 9.59 Å². The molecule has 4 rings (SSSR count). The summed E-state index contributed by atoms with van der Waals surface area (Å²) in [6.07, 6.45) is 4.27. The molecule has 1 unspecified atom stereocenters. The molecule has 2 saturated heterocycles. The summed E-state index contributed by atoms with van der Waals surface area (Å²) < 4.78 is 1.79. The SMILES string of the molecule is CN(C(=O)c1cn(C2CCNCC2)nn1)C1CCN(c2ccccc2)C1=O. The number of nitrogens with zero attached hydrogens (tertiary/aromatic N) is 5. The van der Waals surface area contributed by atoms with E-state index in [-0.39, 0.29) is 17.9 Å². The van der Waals surface area contributed by atoms with E-state index in [4.69, 9.17) is 0 Å². The van der Waals surface area contributed by atoms with Crippen LogP contribution in [0.5, 0.6) is 0 Å². The number of carbonyl (C=O) groups is 2. The highest BCUT2D eigenvalue weighted by Crippen LogP contribution is 2.24. The fraction of sp³-hybridized carbons (Fsp3) is 0.474. The average Bonchev–Trinajstić information content (AvgIpc) is 3.35. The maximum absolute atomic E-state index is 12.8. The van der Waals surface area contributed by atoms with E-state index in [2.05, 4.69) is 15.6 Å². The van der Waals surface area contributed by atoms with Gasteiger partial charge in [0.15, 0.2) is 5.69 Å². The van der Waals surface area contributed by atoms with Crippen LogP contribution < -0.4 is 10.2 Å². The van der Waals surface area contributed by atoms with E-state index < -0.39 is 6.04 Å². The molecule has 3 heterocycles. The molecule has 2 amide bonds. The minimum atomic E-state index is -0.471. The Morgan fingerprint density at radius 3 is 2.67 bits per heavy atom. The van der Waals surface area contributed by atoms with Gasteiger partial charge in [0.05, 0.1) is 12.2 Å². The van der Waals surface area contributed by atoms with Gasteiger partial charge in [-0.2, -0.15) is 0 Å². The number of hydrogen-bond acceptors (Lipinski definition) is 5. The highest BCUT2D eigenvalue weighted by molar-refractivity contribution is 6.03. The predicted octanol–water partition coefficient (Wildman–Crippen LogP) is 1.08. The summed E-state index contributed by atoms with van der Waals surface area (Å²) in [5.41, 5.74) is 1.16. The lowest BCUT2D eigenvalue weighted by Gasteiger charge is -2.23. The van der Waals surface area contributed by atoms with Crippen LogP contribution in [0.15, 0.2) is 36.5 Å². The van der Waals surface area contributed by atoms with E-state index in [1.165, 1.54) is 4.90 Å². The molecule has 27 heavy (non-hydrogen) atoms. The summed E-state index contributed by atoms with van der Waals surface area (Å²) >= 11 is 0. The quantitative estimate of drug-likeness (QED) is 0.873. The van der Waals surface area contributed by atoms with Crippen LogP contribution >= 0.6 is 0 Å². The first kappa shape index (κ1) is 17.7. The highest BCUT2D eigenvalue weighted by Gasteiger charge is 2.38. The second-order valence-electron chi connectivity index (χ2n) is 7.11. The van der Waals surface area contributed by atoms with E-state index in [1.54, 1.807) is 22.8 Å². The van der Waals surface area contributed by atoms with Crippen molar-refractivity contribution in [2.75, 3.05) is 31.6 Å². The third kappa shape index (κ3) is 3.44. The first-order chi connectivity index (χ1) is 13.1. The molecule has 2 fully saturated rings. The van der Waals surface area contributed by atoms with Gasteiger partial charge in [-0.05, 0) is 44.5 Å². The number of rotatable bonds is 4. The average molecular weight is 368 g/mol. The van der Waals surface area contributed by atoms with Gasteiger partial charge in [0.2, 0.25) is 5.91 Å². The Morgan fingerprint density at radius 2 is 1.93 bits per heavy atom. The fourth-order valence-corrected chi connectivity index (χ4v) is 3.84. The number of anilines is 1. The second kappa shape index (κ2) is 7.48. The monoisotopic (exact) mass is 368 g/mol. The van der Waals surface area contributed by atoms with E-state index in [9.17, 15) is 9.59 Å². The molecule has 1 aromatic heterocycles. The van der Waals surface area contributed by atoms with Crippen LogP contribution in [-0.2, 0) is 4.79 Å². The van der Waals surface area contributed by atoms with Crippen molar-refractivity contribution in [3.63, 3.8) is 0 Å². The lowest BCUT2D eigenvalue weighted by molar-refractivity contribution is -0.120. The lowest BCUT2D eigenvalue weighted by atomic mass is 10.1. The Kier molecular flexibility index (Phi) is 4.89. The van der Waals surface area contributed by atoms with Crippen molar-refractivity contribution in [2.24, 2.45) is 0 Å². The summed E-state index contributed by atoms with van der Waals surface area (Å²) in [5.74, 6) is -0.314. The highest BCUT2D eigenvalue weighted by atomic mass is 16.2. The van der Waals surface area contributed by atoms with Gasteiger partial charge in [-0.15, -0.1) is 5.10 Å². The number of carbonyl (C=O) groups excluding carboxylic acids is 2. The van der Waals surface area contributed by atoms with E-state index in [0.29, 0.717) is 18.7 Å². The summed E-state index contributed by atoms with van der Waals surface area (Å²) in [7, 11) is 1.67. The van der Waals surface area contributed by atoms with Crippen LogP contribution in [0.1, 0.15) is 35.8 Å². The number of aromatic nitrogens is 3. The van der Waals surface area contributed by atoms with Crippen LogP contribution in [-0.4, -0.2) is 64.4 Å². The van der Waals surface area contributed by atoms with Crippen molar-refractivity contribution < 1.29 is 9.59 Å². The topological polar surface area (TPSA) is 83.4 Å². The van der Waals surface area contributed by atoms with Crippen LogP contribution in [0.25, 0.3) is 0 Å². The Bertz CT molecular complexity index is 815. The molecule has 0 spiro atoms. The van der Waals surface area contributed by atoms with Crippen LogP contribution in [0.4, 0.5) is 5.69 Å². The number of likely N-dealkylation sites (N-methyl/N-ethyl adjacent to an activating group) is 1. The Balaban J connectivity index is 1.45. The molecule has 142 valence electrons.